The largest absolute Gasteiger partial charge is 0.493 e. The minimum absolute atomic E-state index is 0.00234. The Hall–Kier alpha value is -2.78. The SMILES string of the molecule is CCCCn1nnnc1COC(=O)c1ccc(OC(F)F)c(OC)c1. The summed E-state index contributed by atoms with van der Waals surface area (Å²) in [7, 11) is 1.28. The van der Waals surface area contributed by atoms with Gasteiger partial charge in [-0.2, -0.15) is 8.78 Å². The summed E-state index contributed by atoms with van der Waals surface area (Å²) in [5, 5.41) is 11.2. The van der Waals surface area contributed by atoms with E-state index in [1.165, 1.54) is 25.3 Å². The van der Waals surface area contributed by atoms with E-state index < -0.39 is 12.6 Å². The highest BCUT2D eigenvalue weighted by atomic mass is 19.3. The molecule has 0 N–H and O–H groups in total. The summed E-state index contributed by atoms with van der Waals surface area (Å²) in [6.07, 6.45) is 1.88. The fourth-order valence-corrected chi connectivity index (χ4v) is 2.01. The molecule has 2 aromatic rings. The van der Waals surface area contributed by atoms with Crippen LogP contribution in [-0.2, 0) is 17.9 Å². The molecule has 0 saturated carbocycles. The smallest absolute Gasteiger partial charge is 0.387 e. The van der Waals surface area contributed by atoms with Gasteiger partial charge in [-0.05, 0) is 35.0 Å². The van der Waals surface area contributed by atoms with E-state index in [0.29, 0.717) is 12.4 Å². The second-order valence-corrected chi connectivity index (χ2v) is 4.99. The highest BCUT2D eigenvalue weighted by Gasteiger charge is 2.16. The van der Waals surface area contributed by atoms with Crippen molar-refractivity contribution in [3.8, 4) is 11.5 Å². The number of unbranched alkanes of at least 4 members (excludes halogenated alkanes) is 1. The molecule has 0 saturated heterocycles. The molecule has 0 radical (unpaired) electrons. The van der Waals surface area contributed by atoms with E-state index >= 15 is 0 Å². The monoisotopic (exact) mass is 356 g/mol. The number of tetrazole rings is 1. The Balaban J connectivity index is 2.02. The van der Waals surface area contributed by atoms with Crippen molar-refractivity contribution >= 4 is 5.97 Å². The van der Waals surface area contributed by atoms with Gasteiger partial charge in [0, 0.05) is 6.54 Å². The molecule has 0 atom stereocenters. The van der Waals surface area contributed by atoms with Crippen LogP contribution in [0.1, 0.15) is 35.9 Å². The van der Waals surface area contributed by atoms with E-state index in [1.54, 1.807) is 4.68 Å². The molecule has 0 unspecified atom stereocenters. The summed E-state index contributed by atoms with van der Waals surface area (Å²) < 4.78 is 40.6. The van der Waals surface area contributed by atoms with Crippen molar-refractivity contribution in [2.45, 2.75) is 39.5 Å². The summed E-state index contributed by atoms with van der Waals surface area (Å²) in [6, 6.07) is 3.79. The summed E-state index contributed by atoms with van der Waals surface area (Å²) in [5.74, 6) is -0.404. The molecule has 0 aliphatic carbocycles. The topological polar surface area (TPSA) is 88.4 Å². The lowest BCUT2D eigenvalue weighted by atomic mass is 10.2. The molecule has 0 bridgehead atoms. The highest BCUT2D eigenvalue weighted by Crippen LogP contribution is 2.29. The molecule has 1 aromatic heterocycles. The van der Waals surface area contributed by atoms with E-state index in [9.17, 15) is 13.6 Å². The van der Waals surface area contributed by atoms with Gasteiger partial charge in [-0.25, -0.2) is 9.48 Å². The Labute approximate surface area is 142 Å². The number of nitrogens with zero attached hydrogens (tertiary/aromatic N) is 4. The van der Waals surface area contributed by atoms with Crippen LogP contribution in [0.3, 0.4) is 0 Å². The minimum Gasteiger partial charge on any atom is -0.493 e. The maximum absolute atomic E-state index is 12.3. The number of benzene rings is 1. The maximum atomic E-state index is 12.3. The standard InChI is InChI=1S/C15H18F2N4O4/c1-3-4-7-21-13(18-19-20-21)9-24-14(22)10-5-6-11(25-15(16)17)12(8-10)23-2/h5-6,8,15H,3-4,7,9H2,1-2H3. The number of halogens is 2. The maximum Gasteiger partial charge on any atom is 0.387 e. The molecule has 0 amide bonds. The number of aryl methyl sites for hydroxylation is 1. The molecule has 10 heteroatoms. The van der Waals surface area contributed by atoms with E-state index in [-0.39, 0.29) is 23.7 Å². The summed E-state index contributed by atoms with van der Waals surface area (Å²) in [4.78, 5) is 12.1. The molecule has 1 aromatic carbocycles. The van der Waals surface area contributed by atoms with Gasteiger partial charge in [0.25, 0.3) is 0 Å². The molecule has 0 aliphatic rings. The Morgan fingerprint density at radius 3 is 2.80 bits per heavy atom. The number of methoxy groups -OCH3 is 1. The third-order valence-electron chi connectivity index (χ3n) is 3.28. The van der Waals surface area contributed by atoms with Gasteiger partial charge in [-0.1, -0.05) is 13.3 Å². The van der Waals surface area contributed by atoms with Gasteiger partial charge in [-0.3, -0.25) is 0 Å². The fraction of sp³-hybridized carbons (Fsp3) is 0.467. The Morgan fingerprint density at radius 1 is 1.32 bits per heavy atom. The lowest BCUT2D eigenvalue weighted by molar-refractivity contribution is -0.0512. The molecule has 25 heavy (non-hydrogen) atoms. The fourth-order valence-electron chi connectivity index (χ4n) is 2.01. The third kappa shape index (κ3) is 5.10. The molecule has 0 fully saturated rings. The predicted molar refractivity (Wildman–Crippen MR) is 81.5 cm³/mol. The zero-order valence-corrected chi connectivity index (χ0v) is 13.8. The van der Waals surface area contributed by atoms with Crippen molar-refractivity contribution in [3.05, 3.63) is 29.6 Å². The van der Waals surface area contributed by atoms with Crippen molar-refractivity contribution in [1.82, 2.24) is 20.2 Å². The number of hydrogen-bond donors (Lipinski definition) is 0. The molecule has 8 nitrogen and oxygen atoms in total. The Morgan fingerprint density at radius 2 is 2.12 bits per heavy atom. The quantitative estimate of drug-likeness (QED) is 0.638. The van der Waals surface area contributed by atoms with Crippen LogP contribution in [-0.4, -0.2) is 39.9 Å². The number of carbonyl (C=O) groups excluding carboxylic acids is 1. The average molecular weight is 356 g/mol. The zero-order chi connectivity index (χ0) is 18.2. The summed E-state index contributed by atoms with van der Waals surface area (Å²) in [6.45, 7) is -0.427. The highest BCUT2D eigenvalue weighted by molar-refractivity contribution is 5.90. The van der Waals surface area contributed by atoms with Crippen LogP contribution in [0.25, 0.3) is 0 Å². The first-order valence-corrected chi connectivity index (χ1v) is 7.60. The predicted octanol–water partition coefficient (Wildman–Crippen LogP) is 2.44. The molecule has 0 aliphatic heterocycles. The molecular weight excluding hydrogens is 338 g/mol. The zero-order valence-electron chi connectivity index (χ0n) is 13.8. The number of alkyl halides is 2. The van der Waals surface area contributed by atoms with Crippen LogP contribution in [0.5, 0.6) is 11.5 Å². The van der Waals surface area contributed by atoms with Crippen molar-refractivity contribution in [2.24, 2.45) is 0 Å². The van der Waals surface area contributed by atoms with E-state index in [2.05, 4.69) is 20.3 Å². The molecule has 136 valence electrons. The lowest BCUT2D eigenvalue weighted by Gasteiger charge is -2.11. The normalized spacial score (nSPS) is 10.8. The number of carbonyl (C=O) groups is 1. The van der Waals surface area contributed by atoms with E-state index in [1.807, 2.05) is 6.92 Å². The van der Waals surface area contributed by atoms with Crippen molar-refractivity contribution in [1.29, 1.82) is 0 Å². The van der Waals surface area contributed by atoms with Gasteiger partial charge < -0.3 is 14.2 Å². The molecule has 1 heterocycles. The lowest BCUT2D eigenvalue weighted by Crippen LogP contribution is -2.11. The number of esters is 1. The minimum atomic E-state index is -2.99. The second-order valence-electron chi connectivity index (χ2n) is 4.99. The van der Waals surface area contributed by atoms with Crippen LogP contribution < -0.4 is 9.47 Å². The first kappa shape index (κ1) is 18.6. The average Bonchev–Trinajstić information content (AvgIpc) is 3.05. The summed E-state index contributed by atoms with van der Waals surface area (Å²) >= 11 is 0. The van der Waals surface area contributed by atoms with Gasteiger partial charge in [-0.15, -0.1) is 5.10 Å². The van der Waals surface area contributed by atoms with E-state index in [4.69, 9.17) is 9.47 Å². The van der Waals surface area contributed by atoms with Crippen molar-refractivity contribution < 1.29 is 27.8 Å². The van der Waals surface area contributed by atoms with Crippen LogP contribution in [0.2, 0.25) is 0 Å². The Kier molecular flexibility index (Phi) is 6.61. The summed E-state index contributed by atoms with van der Waals surface area (Å²) in [5.41, 5.74) is 0.131. The number of ether oxygens (including phenoxy) is 3. The van der Waals surface area contributed by atoms with Crippen LogP contribution in [0, 0.1) is 0 Å². The van der Waals surface area contributed by atoms with E-state index in [0.717, 1.165) is 12.8 Å². The van der Waals surface area contributed by atoms with Gasteiger partial charge in [0.2, 0.25) is 0 Å². The second kappa shape index (κ2) is 8.90. The van der Waals surface area contributed by atoms with Crippen LogP contribution >= 0.6 is 0 Å². The van der Waals surface area contributed by atoms with Gasteiger partial charge >= 0.3 is 12.6 Å². The molecular formula is C15H18F2N4O4. The number of hydrogen-bond acceptors (Lipinski definition) is 7. The van der Waals surface area contributed by atoms with Gasteiger partial charge in [0.1, 0.15) is 0 Å². The third-order valence-corrected chi connectivity index (χ3v) is 3.28. The van der Waals surface area contributed by atoms with Gasteiger partial charge in [0.15, 0.2) is 23.9 Å². The van der Waals surface area contributed by atoms with Crippen LogP contribution in [0.4, 0.5) is 8.78 Å². The molecule has 2 rings (SSSR count). The number of rotatable bonds is 9. The van der Waals surface area contributed by atoms with Gasteiger partial charge in [0.05, 0.1) is 12.7 Å². The first-order chi connectivity index (χ1) is 12.0. The van der Waals surface area contributed by atoms with Crippen molar-refractivity contribution in [3.63, 3.8) is 0 Å². The molecule has 0 spiro atoms. The Bertz CT molecular complexity index is 709. The van der Waals surface area contributed by atoms with Crippen LogP contribution in [0.15, 0.2) is 18.2 Å². The number of aromatic nitrogens is 4. The van der Waals surface area contributed by atoms with Crippen molar-refractivity contribution in [2.75, 3.05) is 7.11 Å². The first-order valence-electron chi connectivity index (χ1n) is 7.60.